The van der Waals surface area contributed by atoms with E-state index in [-0.39, 0.29) is 17.9 Å². The molecule has 1 amide bonds. The summed E-state index contributed by atoms with van der Waals surface area (Å²) in [5.41, 5.74) is 2.26. The molecule has 1 fully saturated rings. The lowest BCUT2D eigenvalue weighted by Crippen LogP contribution is -2.38. The average molecular weight is 313 g/mol. The average Bonchev–Trinajstić information content (AvgIpc) is 3.06. The highest BCUT2D eigenvalue weighted by molar-refractivity contribution is 5.99. The van der Waals surface area contributed by atoms with Crippen molar-refractivity contribution in [2.24, 2.45) is 5.92 Å². The van der Waals surface area contributed by atoms with Crippen LogP contribution in [0.15, 0.2) is 36.5 Å². The SMILES string of the molecule is CN(CC1CCCCC1O)C(=O)c1cn[nH]c1-c1ccccc1. The van der Waals surface area contributed by atoms with Crippen molar-refractivity contribution >= 4 is 5.91 Å². The van der Waals surface area contributed by atoms with Crippen molar-refractivity contribution in [3.05, 3.63) is 42.1 Å². The van der Waals surface area contributed by atoms with E-state index < -0.39 is 0 Å². The van der Waals surface area contributed by atoms with Crippen molar-refractivity contribution in [3.63, 3.8) is 0 Å². The number of carbonyl (C=O) groups is 1. The number of hydrogen-bond donors (Lipinski definition) is 2. The van der Waals surface area contributed by atoms with E-state index in [1.807, 2.05) is 30.3 Å². The minimum absolute atomic E-state index is 0.0598. The lowest BCUT2D eigenvalue weighted by molar-refractivity contribution is 0.0451. The van der Waals surface area contributed by atoms with Crippen LogP contribution in [0.25, 0.3) is 11.3 Å². The normalized spacial score (nSPS) is 21.1. The third-order valence-electron chi connectivity index (χ3n) is 4.66. The maximum Gasteiger partial charge on any atom is 0.257 e. The molecule has 2 aromatic rings. The largest absolute Gasteiger partial charge is 0.393 e. The van der Waals surface area contributed by atoms with Gasteiger partial charge in [0.1, 0.15) is 0 Å². The molecule has 23 heavy (non-hydrogen) atoms. The predicted molar refractivity (Wildman–Crippen MR) is 88.9 cm³/mol. The Morgan fingerprint density at radius 3 is 2.78 bits per heavy atom. The number of aromatic amines is 1. The van der Waals surface area contributed by atoms with Crippen molar-refractivity contribution in [1.29, 1.82) is 0 Å². The van der Waals surface area contributed by atoms with Gasteiger partial charge >= 0.3 is 0 Å². The van der Waals surface area contributed by atoms with E-state index >= 15 is 0 Å². The molecule has 0 saturated heterocycles. The summed E-state index contributed by atoms with van der Waals surface area (Å²) in [5, 5.41) is 17.1. The van der Waals surface area contributed by atoms with Gasteiger partial charge in [0.2, 0.25) is 0 Å². The summed E-state index contributed by atoms with van der Waals surface area (Å²) in [5.74, 6) is 0.111. The van der Waals surface area contributed by atoms with E-state index in [1.54, 1.807) is 18.1 Å². The third kappa shape index (κ3) is 3.45. The highest BCUT2D eigenvalue weighted by Crippen LogP contribution is 2.26. The van der Waals surface area contributed by atoms with Gasteiger partial charge in [-0.25, -0.2) is 0 Å². The van der Waals surface area contributed by atoms with Crippen LogP contribution in [0.1, 0.15) is 36.0 Å². The number of aliphatic hydroxyl groups excluding tert-OH is 1. The molecular formula is C18H23N3O2. The third-order valence-corrected chi connectivity index (χ3v) is 4.66. The molecule has 5 nitrogen and oxygen atoms in total. The Morgan fingerprint density at radius 1 is 1.30 bits per heavy atom. The smallest absolute Gasteiger partial charge is 0.257 e. The zero-order valence-electron chi connectivity index (χ0n) is 13.4. The molecule has 2 N–H and O–H groups in total. The van der Waals surface area contributed by atoms with Gasteiger partial charge in [-0.3, -0.25) is 9.89 Å². The van der Waals surface area contributed by atoms with Crippen LogP contribution in [0.5, 0.6) is 0 Å². The second-order valence-corrected chi connectivity index (χ2v) is 6.32. The van der Waals surface area contributed by atoms with Crippen molar-refractivity contribution in [1.82, 2.24) is 15.1 Å². The van der Waals surface area contributed by atoms with E-state index in [9.17, 15) is 9.90 Å². The van der Waals surface area contributed by atoms with E-state index in [2.05, 4.69) is 10.2 Å². The molecular weight excluding hydrogens is 290 g/mol. The Morgan fingerprint density at radius 2 is 2.04 bits per heavy atom. The molecule has 3 rings (SSSR count). The first-order valence-electron chi connectivity index (χ1n) is 8.19. The Labute approximate surface area is 136 Å². The molecule has 5 heteroatoms. The van der Waals surface area contributed by atoms with Crippen LogP contribution < -0.4 is 0 Å². The molecule has 1 aliphatic carbocycles. The molecule has 122 valence electrons. The molecule has 2 unspecified atom stereocenters. The van der Waals surface area contributed by atoms with Gasteiger partial charge in [-0.1, -0.05) is 43.2 Å². The zero-order valence-corrected chi connectivity index (χ0v) is 13.4. The fourth-order valence-corrected chi connectivity index (χ4v) is 3.31. The second kappa shape index (κ2) is 6.96. The quantitative estimate of drug-likeness (QED) is 0.912. The Bertz CT molecular complexity index is 653. The summed E-state index contributed by atoms with van der Waals surface area (Å²) in [4.78, 5) is 14.5. The van der Waals surface area contributed by atoms with Gasteiger partial charge in [0, 0.05) is 25.1 Å². The van der Waals surface area contributed by atoms with Gasteiger partial charge in [0.15, 0.2) is 0 Å². The first kappa shape index (κ1) is 15.7. The van der Waals surface area contributed by atoms with Gasteiger partial charge in [0.25, 0.3) is 5.91 Å². The fourth-order valence-electron chi connectivity index (χ4n) is 3.31. The molecule has 1 saturated carbocycles. The Balaban J connectivity index is 1.74. The fraction of sp³-hybridized carbons (Fsp3) is 0.444. The van der Waals surface area contributed by atoms with Crippen LogP contribution in [0, 0.1) is 5.92 Å². The molecule has 1 aromatic carbocycles. The van der Waals surface area contributed by atoms with E-state index in [0.717, 1.165) is 36.9 Å². The van der Waals surface area contributed by atoms with Gasteiger partial charge in [0.05, 0.1) is 23.6 Å². The highest BCUT2D eigenvalue weighted by Gasteiger charge is 2.27. The monoisotopic (exact) mass is 313 g/mol. The Kier molecular flexibility index (Phi) is 4.76. The van der Waals surface area contributed by atoms with Gasteiger partial charge in [-0.05, 0) is 12.8 Å². The summed E-state index contributed by atoms with van der Waals surface area (Å²) in [6.45, 7) is 0.583. The van der Waals surface area contributed by atoms with Crippen LogP contribution in [-0.2, 0) is 0 Å². The number of hydrogen-bond acceptors (Lipinski definition) is 3. The maximum atomic E-state index is 12.8. The van der Waals surface area contributed by atoms with Crippen molar-refractivity contribution in [3.8, 4) is 11.3 Å². The number of H-pyrrole nitrogens is 1. The predicted octanol–water partition coefficient (Wildman–Crippen LogP) is 2.70. The van der Waals surface area contributed by atoms with E-state index in [4.69, 9.17) is 0 Å². The summed E-state index contributed by atoms with van der Waals surface area (Å²) in [6, 6.07) is 9.72. The summed E-state index contributed by atoms with van der Waals surface area (Å²) in [7, 11) is 1.80. The number of benzene rings is 1. The van der Waals surface area contributed by atoms with Gasteiger partial charge in [-0.2, -0.15) is 5.10 Å². The number of carbonyl (C=O) groups excluding carboxylic acids is 1. The van der Waals surface area contributed by atoms with Gasteiger partial charge in [-0.15, -0.1) is 0 Å². The summed E-state index contributed by atoms with van der Waals surface area (Å²) in [6.07, 6.45) is 5.32. The van der Waals surface area contributed by atoms with Gasteiger partial charge < -0.3 is 10.0 Å². The number of nitrogens with one attached hydrogen (secondary N) is 1. The molecule has 1 aliphatic rings. The number of nitrogens with zero attached hydrogens (tertiary/aromatic N) is 2. The topological polar surface area (TPSA) is 69.2 Å². The maximum absolute atomic E-state index is 12.8. The first-order valence-corrected chi connectivity index (χ1v) is 8.19. The van der Waals surface area contributed by atoms with Crippen LogP contribution in [0.3, 0.4) is 0 Å². The summed E-state index contributed by atoms with van der Waals surface area (Å²) < 4.78 is 0. The van der Waals surface area contributed by atoms with E-state index in [1.165, 1.54) is 0 Å². The number of amides is 1. The minimum atomic E-state index is -0.294. The first-order chi connectivity index (χ1) is 11.2. The zero-order chi connectivity index (χ0) is 16.2. The summed E-state index contributed by atoms with van der Waals surface area (Å²) >= 11 is 0. The number of aliphatic hydroxyl groups is 1. The minimum Gasteiger partial charge on any atom is -0.393 e. The molecule has 0 radical (unpaired) electrons. The number of rotatable bonds is 4. The lowest BCUT2D eigenvalue weighted by atomic mass is 9.86. The van der Waals surface area contributed by atoms with Crippen LogP contribution in [0.2, 0.25) is 0 Å². The molecule has 2 atom stereocenters. The molecule has 0 bridgehead atoms. The second-order valence-electron chi connectivity index (χ2n) is 6.32. The van der Waals surface area contributed by atoms with E-state index in [0.29, 0.717) is 12.1 Å². The van der Waals surface area contributed by atoms with Crippen molar-refractivity contribution in [2.45, 2.75) is 31.8 Å². The van der Waals surface area contributed by atoms with Crippen LogP contribution in [0.4, 0.5) is 0 Å². The highest BCUT2D eigenvalue weighted by atomic mass is 16.3. The molecule has 1 heterocycles. The molecule has 1 aromatic heterocycles. The van der Waals surface area contributed by atoms with Crippen molar-refractivity contribution < 1.29 is 9.90 Å². The molecule has 0 spiro atoms. The van der Waals surface area contributed by atoms with Crippen LogP contribution >= 0.6 is 0 Å². The lowest BCUT2D eigenvalue weighted by Gasteiger charge is -2.31. The number of aromatic nitrogens is 2. The van der Waals surface area contributed by atoms with Crippen molar-refractivity contribution in [2.75, 3.05) is 13.6 Å². The standard InChI is InChI=1S/C18H23N3O2/c1-21(12-14-9-5-6-10-16(14)22)18(23)15-11-19-20-17(15)13-7-3-2-4-8-13/h2-4,7-8,11,14,16,22H,5-6,9-10,12H2,1H3,(H,19,20). The molecule has 0 aliphatic heterocycles. The van der Waals surface area contributed by atoms with Crippen LogP contribution in [-0.4, -0.2) is 45.8 Å². The Hall–Kier alpha value is -2.14.